The van der Waals surface area contributed by atoms with Gasteiger partial charge in [-0.25, -0.2) is 4.79 Å². The molecule has 2 aliphatic rings. The lowest BCUT2D eigenvalue weighted by Crippen LogP contribution is -2.23. The molecule has 0 spiro atoms. The Morgan fingerprint density at radius 1 is 1.20 bits per heavy atom. The molecule has 2 aliphatic carbocycles. The first-order valence-corrected chi connectivity index (χ1v) is 7.32. The summed E-state index contributed by atoms with van der Waals surface area (Å²) < 4.78 is 20.8. The Morgan fingerprint density at radius 2 is 2.05 bits per heavy atom. The molecule has 0 saturated heterocycles. The van der Waals surface area contributed by atoms with Crippen LogP contribution < -0.4 is 0 Å². The van der Waals surface area contributed by atoms with Gasteiger partial charge in [0.15, 0.2) is 6.79 Å². The molecule has 0 heterocycles. The molecule has 114 valence electrons. The lowest BCUT2D eigenvalue weighted by Gasteiger charge is -2.21. The molecule has 0 aliphatic heterocycles. The summed E-state index contributed by atoms with van der Waals surface area (Å²) >= 11 is 0. The molecule has 5 heteroatoms. The van der Waals surface area contributed by atoms with Crippen molar-refractivity contribution in [1.29, 1.82) is 0 Å². The van der Waals surface area contributed by atoms with Gasteiger partial charge in [-0.3, -0.25) is 0 Å². The monoisotopic (exact) mass is 284 g/mol. The van der Waals surface area contributed by atoms with Gasteiger partial charge < -0.3 is 18.9 Å². The molecular formula is C15H24O5. The molecule has 0 aromatic rings. The van der Waals surface area contributed by atoms with Gasteiger partial charge in [0.1, 0.15) is 6.79 Å². The van der Waals surface area contributed by atoms with E-state index >= 15 is 0 Å². The fraction of sp³-hybridized carbons (Fsp3) is 0.800. The average Bonchev–Trinajstić information content (AvgIpc) is 3.05. The van der Waals surface area contributed by atoms with Gasteiger partial charge in [-0.1, -0.05) is 6.58 Å². The van der Waals surface area contributed by atoms with Crippen LogP contribution in [0.3, 0.4) is 0 Å². The van der Waals surface area contributed by atoms with E-state index in [4.69, 9.17) is 18.9 Å². The molecule has 0 amide bonds. The van der Waals surface area contributed by atoms with E-state index in [1.807, 2.05) is 6.92 Å². The van der Waals surface area contributed by atoms with Gasteiger partial charge in [0.2, 0.25) is 0 Å². The largest absolute Gasteiger partial charge is 0.435 e. The highest BCUT2D eigenvalue weighted by molar-refractivity contribution is 5.87. The number of ether oxygens (including phenoxy) is 4. The summed E-state index contributed by atoms with van der Waals surface area (Å²) in [6.07, 6.45) is 5.24. The Bertz CT molecular complexity index is 341. The summed E-state index contributed by atoms with van der Waals surface area (Å²) in [6.45, 7) is 6.37. The maximum Gasteiger partial charge on any atom is 0.337 e. The molecule has 2 bridgehead atoms. The third-order valence-corrected chi connectivity index (χ3v) is 4.08. The van der Waals surface area contributed by atoms with E-state index in [-0.39, 0.29) is 31.9 Å². The van der Waals surface area contributed by atoms with Crippen LogP contribution in [0.25, 0.3) is 0 Å². The van der Waals surface area contributed by atoms with Crippen LogP contribution in [0.4, 0.5) is 0 Å². The topological polar surface area (TPSA) is 54.0 Å². The van der Waals surface area contributed by atoms with Crippen molar-refractivity contribution in [3.05, 3.63) is 12.2 Å². The van der Waals surface area contributed by atoms with Crippen molar-refractivity contribution in [1.82, 2.24) is 0 Å². The van der Waals surface area contributed by atoms with E-state index in [0.717, 1.165) is 12.3 Å². The fourth-order valence-corrected chi connectivity index (χ4v) is 3.03. The molecule has 0 aromatic heterocycles. The number of rotatable bonds is 9. The smallest absolute Gasteiger partial charge is 0.337 e. The summed E-state index contributed by atoms with van der Waals surface area (Å²) in [7, 11) is 0. The fourth-order valence-electron chi connectivity index (χ4n) is 3.03. The van der Waals surface area contributed by atoms with Gasteiger partial charge in [-0.2, -0.15) is 0 Å². The van der Waals surface area contributed by atoms with Gasteiger partial charge >= 0.3 is 5.97 Å². The second kappa shape index (κ2) is 7.76. The van der Waals surface area contributed by atoms with E-state index in [9.17, 15) is 4.79 Å². The van der Waals surface area contributed by atoms with Gasteiger partial charge in [-0.15, -0.1) is 0 Å². The second-order valence-corrected chi connectivity index (χ2v) is 5.49. The van der Waals surface area contributed by atoms with Crippen LogP contribution in [0.1, 0.15) is 32.6 Å². The number of carbonyl (C=O) groups excluding carboxylic acids is 1. The molecular weight excluding hydrogens is 260 g/mol. The quantitative estimate of drug-likeness (QED) is 0.281. The molecule has 0 N–H and O–H groups in total. The van der Waals surface area contributed by atoms with Crippen molar-refractivity contribution in [3.63, 3.8) is 0 Å². The van der Waals surface area contributed by atoms with Gasteiger partial charge in [-0.05, 0) is 44.4 Å². The highest BCUT2D eigenvalue weighted by atomic mass is 16.7. The van der Waals surface area contributed by atoms with E-state index < -0.39 is 5.97 Å². The Hall–Kier alpha value is -0.910. The minimum Gasteiger partial charge on any atom is -0.435 e. The second-order valence-electron chi connectivity index (χ2n) is 5.49. The maximum atomic E-state index is 11.6. The number of fused-ring (bicyclic) bond motifs is 2. The van der Waals surface area contributed by atoms with Crippen LogP contribution in [0.5, 0.6) is 0 Å². The van der Waals surface area contributed by atoms with Crippen LogP contribution in [0, 0.1) is 11.8 Å². The van der Waals surface area contributed by atoms with Crippen LogP contribution >= 0.6 is 0 Å². The van der Waals surface area contributed by atoms with Crippen LogP contribution in [-0.4, -0.2) is 38.9 Å². The Morgan fingerprint density at radius 3 is 2.70 bits per heavy atom. The van der Waals surface area contributed by atoms with Crippen LogP contribution in [0.2, 0.25) is 0 Å². The maximum absolute atomic E-state index is 11.6. The normalized spacial score (nSPS) is 27.8. The third-order valence-electron chi connectivity index (χ3n) is 4.08. The molecule has 20 heavy (non-hydrogen) atoms. The number of carbonyl (C=O) groups is 1. The highest BCUT2D eigenvalue weighted by Crippen LogP contribution is 2.45. The van der Waals surface area contributed by atoms with Crippen molar-refractivity contribution in [2.75, 3.05) is 26.8 Å². The van der Waals surface area contributed by atoms with E-state index in [0.29, 0.717) is 12.5 Å². The summed E-state index contributed by atoms with van der Waals surface area (Å²) in [5, 5.41) is 0. The minimum absolute atomic E-state index is 0.0111. The third kappa shape index (κ3) is 4.30. The first-order chi connectivity index (χ1) is 9.70. The van der Waals surface area contributed by atoms with Gasteiger partial charge in [0.05, 0.1) is 18.3 Å². The number of hydrogen-bond acceptors (Lipinski definition) is 5. The summed E-state index contributed by atoms with van der Waals surface area (Å²) in [4.78, 5) is 11.6. The summed E-state index contributed by atoms with van der Waals surface area (Å²) in [6, 6.07) is 0. The van der Waals surface area contributed by atoms with E-state index in [2.05, 4.69) is 6.58 Å². The van der Waals surface area contributed by atoms with Crippen molar-refractivity contribution in [3.8, 4) is 0 Å². The van der Waals surface area contributed by atoms with Crippen LogP contribution in [-0.2, 0) is 23.7 Å². The molecule has 2 saturated carbocycles. The molecule has 0 aromatic carbocycles. The molecule has 5 nitrogen and oxygen atoms in total. The average molecular weight is 284 g/mol. The summed E-state index contributed by atoms with van der Waals surface area (Å²) in [5.41, 5.74) is 0.279. The zero-order valence-corrected chi connectivity index (χ0v) is 12.1. The van der Waals surface area contributed by atoms with E-state index in [1.54, 1.807) is 0 Å². The van der Waals surface area contributed by atoms with Gasteiger partial charge in [0.25, 0.3) is 0 Å². The first kappa shape index (κ1) is 15.5. The summed E-state index contributed by atoms with van der Waals surface area (Å²) in [5.74, 6) is 1.02. The van der Waals surface area contributed by atoms with Crippen molar-refractivity contribution in [2.45, 2.75) is 38.7 Å². The SMILES string of the molecule is C=C(COCOCC)C(=O)OCOC1CC2CCC1C2. The first-order valence-electron chi connectivity index (χ1n) is 7.32. The molecule has 2 rings (SSSR count). The predicted octanol–water partition coefficient (Wildman–Crippen LogP) is 2.26. The van der Waals surface area contributed by atoms with Crippen LogP contribution in [0.15, 0.2) is 12.2 Å². The number of hydrogen-bond donors (Lipinski definition) is 0. The highest BCUT2D eigenvalue weighted by Gasteiger charge is 2.40. The lowest BCUT2D eigenvalue weighted by atomic mass is 9.98. The Balaban J connectivity index is 1.54. The van der Waals surface area contributed by atoms with Crippen molar-refractivity contribution >= 4 is 5.97 Å². The standard InChI is InChI=1S/C15H24O5/c1-3-17-9-18-8-11(2)15(16)20-10-19-14-7-12-4-5-13(14)6-12/h12-14H,2-10H2,1H3. The minimum atomic E-state index is -0.468. The molecule has 2 fully saturated rings. The van der Waals surface area contributed by atoms with Gasteiger partial charge in [0, 0.05) is 6.61 Å². The molecule has 0 radical (unpaired) electrons. The number of esters is 1. The van der Waals surface area contributed by atoms with E-state index in [1.165, 1.54) is 19.3 Å². The molecule has 3 unspecified atom stereocenters. The Kier molecular flexibility index (Phi) is 6.01. The van der Waals surface area contributed by atoms with Crippen molar-refractivity contribution in [2.24, 2.45) is 11.8 Å². The van der Waals surface area contributed by atoms with Crippen molar-refractivity contribution < 1.29 is 23.7 Å². The zero-order valence-electron chi connectivity index (χ0n) is 12.1. The lowest BCUT2D eigenvalue weighted by molar-refractivity contribution is -0.159. The molecule has 3 atom stereocenters. The zero-order chi connectivity index (χ0) is 14.4. The predicted molar refractivity (Wildman–Crippen MR) is 72.9 cm³/mol. The Labute approximate surface area is 120 Å².